The van der Waals surface area contributed by atoms with Gasteiger partial charge in [0.2, 0.25) is 0 Å². The van der Waals surface area contributed by atoms with Crippen molar-refractivity contribution < 1.29 is 14.2 Å². The van der Waals surface area contributed by atoms with Crippen LogP contribution in [0.5, 0.6) is 11.5 Å². The van der Waals surface area contributed by atoms with E-state index in [1.165, 1.54) is 0 Å². The molecule has 0 bridgehead atoms. The van der Waals surface area contributed by atoms with Gasteiger partial charge in [0.05, 0.1) is 26.9 Å². The van der Waals surface area contributed by atoms with Crippen molar-refractivity contribution in [2.45, 2.75) is 18.9 Å². The van der Waals surface area contributed by atoms with E-state index in [1.807, 2.05) is 25.2 Å². The van der Waals surface area contributed by atoms with E-state index in [9.17, 15) is 0 Å². The minimum Gasteiger partial charge on any atom is -0.497 e. The lowest BCUT2D eigenvalue weighted by Crippen LogP contribution is -2.22. The zero-order valence-electron chi connectivity index (χ0n) is 11.7. The molecule has 1 aromatic carbocycles. The van der Waals surface area contributed by atoms with Crippen molar-refractivity contribution in [3.8, 4) is 11.5 Å². The Kier molecular flexibility index (Phi) is 4.68. The van der Waals surface area contributed by atoms with Crippen LogP contribution in [0.4, 0.5) is 0 Å². The molecule has 1 aromatic rings. The zero-order valence-corrected chi connectivity index (χ0v) is 11.7. The molecule has 0 fully saturated rings. The first-order chi connectivity index (χ1) is 9.30. The van der Waals surface area contributed by atoms with Gasteiger partial charge in [0.15, 0.2) is 0 Å². The smallest absolute Gasteiger partial charge is 0.127 e. The average Bonchev–Trinajstić information content (AvgIpc) is 2.49. The van der Waals surface area contributed by atoms with Crippen LogP contribution in [0.1, 0.15) is 24.4 Å². The van der Waals surface area contributed by atoms with Gasteiger partial charge in [0, 0.05) is 11.6 Å². The summed E-state index contributed by atoms with van der Waals surface area (Å²) in [5.41, 5.74) is 1.05. The van der Waals surface area contributed by atoms with E-state index >= 15 is 0 Å². The second-order valence-corrected chi connectivity index (χ2v) is 4.43. The predicted octanol–water partition coefficient (Wildman–Crippen LogP) is 2.66. The van der Waals surface area contributed by atoms with E-state index in [2.05, 4.69) is 11.4 Å². The summed E-state index contributed by atoms with van der Waals surface area (Å²) in [4.78, 5) is 0. The van der Waals surface area contributed by atoms with Gasteiger partial charge in [-0.25, -0.2) is 0 Å². The SMILES string of the molecule is CNC(C1=CCCCO1)c1ccc(OC)cc1OC. The normalized spacial score (nSPS) is 16.3. The van der Waals surface area contributed by atoms with Gasteiger partial charge in [0.25, 0.3) is 0 Å². The number of benzene rings is 1. The Morgan fingerprint density at radius 3 is 2.68 bits per heavy atom. The maximum absolute atomic E-state index is 5.75. The van der Waals surface area contributed by atoms with Crippen LogP contribution in [0, 0.1) is 0 Å². The van der Waals surface area contributed by atoms with Crippen LogP contribution < -0.4 is 14.8 Å². The van der Waals surface area contributed by atoms with E-state index in [0.717, 1.165) is 42.3 Å². The highest BCUT2D eigenvalue weighted by Gasteiger charge is 2.22. The number of ether oxygens (including phenoxy) is 3. The van der Waals surface area contributed by atoms with Crippen LogP contribution in [-0.4, -0.2) is 27.9 Å². The molecule has 1 atom stereocenters. The summed E-state index contributed by atoms with van der Waals surface area (Å²) in [6.07, 6.45) is 4.29. The molecule has 0 aromatic heterocycles. The Labute approximate surface area is 114 Å². The Bertz CT molecular complexity index is 457. The van der Waals surface area contributed by atoms with Crippen LogP contribution in [-0.2, 0) is 4.74 Å². The molecule has 0 amide bonds. The van der Waals surface area contributed by atoms with Crippen LogP contribution in [0.25, 0.3) is 0 Å². The first-order valence-corrected chi connectivity index (χ1v) is 6.52. The fraction of sp³-hybridized carbons (Fsp3) is 0.467. The van der Waals surface area contributed by atoms with Gasteiger partial charge in [0.1, 0.15) is 17.3 Å². The number of methoxy groups -OCH3 is 2. The number of likely N-dealkylation sites (N-methyl/N-ethyl adjacent to an activating group) is 1. The van der Waals surface area contributed by atoms with Crippen molar-refractivity contribution in [1.29, 1.82) is 0 Å². The molecule has 1 aliphatic rings. The first-order valence-electron chi connectivity index (χ1n) is 6.52. The maximum Gasteiger partial charge on any atom is 0.127 e. The number of hydrogen-bond donors (Lipinski definition) is 1. The van der Waals surface area contributed by atoms with Crippen molar-refractivity contribution in [3.05, 3.63) is 35.6 Å². The third kappa shape index (κ3) is 3.01. The minimum atomic E-state index is 0.0150. The second kappa shape index (κ2) is 6.48. The third-order valence-electron chi connectivity index (χ3n) is 3.29. The summed E-state index contributed by atoms with van der Waals surface area (Å²) in [5, 5.41) is 3.29. The fourth-order valence-electron chi connectivity index (χ4n) is 2.29. The molecular formula is C15H21NO3. The Balaban J connectivity index is 2.34. The molecule has 1 aliphatic heterocycles. The van der Waals surface area contributed by atoms with Crippen LogP contribution >= 0.6 is 0 Å². The summed E-state index contributed by atoms with van der Waals surface area (Å²) in [6.45, 7) is 0.780. The molecule has 1 unspecified atom stereocenters. The van der Waals surface area contributed by atoms with Gasteiger partial charge < -0.3 is 19.5 Å². The van der Waals surface area contributed by atoms with E-state index in [1.54, 1.807) is 14.2 Å². The number of nitrogens with one attached hydrogen (secondary N) is 1. The second-order valence-electron chi connectivity index (χ2n) is 4.43. The van der Waals surface area contributed by atoms with Crippen LogP contribution in [0.2, 0.25) is 0 Å². The van der Waals surface area contributed by atoms with Crippen molar-refractivity contribution in [3.63, 3.8) is 0 Å². The number of rotatable bonds is 5. The molecule has 104 valence electrons. The largest absolute Gasteiger partial charge is 0.497 e. The summed E-state index contributed by atoms with van der Waals surface area (Å²) in [7, 11) is 5.24. The highest BCUT2D eigenvalue weighted by Crippen LogP contribution is 2.34. The van der Waals surface area contributed by atoms with Gasteiger partial charge >= 0.3 is 0 Å². The Morgan fingerprint density at radius 1 is 1.26 bits per heavy atom. The molecule has 4 heteroatoms. The zero-order chi connectivity index (χ0) is 13.7. The van der Waals surface area contributed by atoms with Crippen molar-refractivity contribution in [2.24, 2.45) is 0 Å². The van der Waals surface area contributed by atoms with Gasteiger partial charge in [-0.15, -0.1) is 0 Å². The number of hydrogen-bond acceptors (Lipinski definition) is 4. The minimum absolute atomic E-state index is 0.0150. The van der Waals surface area contributed by atoms with E-state index in [-0.39, 0.29) is 6.04 Å². The molecule has 1 N–H and O–H groups in total. The van der Waals surface area contributed by atoms with E-state index in [4.69, 9.17) is 14.2 Å². The molecule has 2 rings (SSSR count). The highest BCUT2D eigenvalue weighted by atomic mass is 16.5. The molecule has 0 aliphatic carbocycles. The summed E-state index contributed by atoms with van der Waals surface area (Å²) >= 11 is 0. The average molecular weight is 263 g/mol. The van der Waals surface area contributed by atoms with Crippen molar-refractivity contribution >= 4 is 0 Å². The number of allylic oxidation sites excluding steroid dienone is 1. The summed E-state index contributed by atoms with van der Waals surface area (Å²) in [6, 6.07) is 5.85. The Morgan fingerprint density at radius 2 is 2.11 bits per heavy atom. The predicted molar refractivity (Wildman–Crippen MR) is 74.6 cm³/mol. The molecule has 0 saturated heterocycles. The highest BCUT2D eigenvalue weighted by molar-refractivity contribution is 5.44. The molecular weight excluding hydrogens is 242 g/mol. The van der Waals surface area contributed by atoms with E-state index in [0.29, 0.717) is 0 Å². The maximum atomic E-state index is 5.75. The fourth-order valence-corrected chi connectivity index (χ4v) is 2.29. The van der Waals surface area contributed by atoms with Crippen LogP contribution in [0.3, 0.4) is 0 Å². The Hall–Kier alpha value is -1.68. The molecule has 19 heavy (non-hydrogen) atoms. The quantitative estimate of drug-likeness (QED) is 0.886. The third-order valence-corrected chi connectivity index (χ3v) is 3.29. The molecule has 1 heterocycles. The van der Waals surface area contributed by atoms with Gasteiger partial charge in [-0.3, -0.25) is 0 Å². The van der Waals surface area contributed by atoms with Crippen molar-refractivity contribution in [1.82, 2.24) is 5.32 Å². The first kappa shape index (κ1) is 13.7. The monoisotopic (exact) mass is 263 g/mol. The lowest BCUT2D eigenvalue weighted by Gasteiger charge is -2.25. The lowest BCUT2D eigenvalue weighted by molar-refractivity contribution is 0.169. The summed E-state index contributed by atoms with van der Waals surface area (Å²) in [5.74, 6) is 2.56. The van der Waals surface area contributed by atoms with E-state index < -0.39 is 0 Å². The topological polar surface area (TPSA) is 39.7 Å². The van der Waals surface area contributed by atoms with Gasteiger partial charge in [-0.1, -0.05) is 0 Å². The molecule has 4 nitrogen and oxygen atoms in total. The lowest BCUT2D eigenvalue weighted by atomic mass is 10.0. The van der Waals surface area contributed by atoms with Crippen LogP contribution in [0.15, 0.2) is 30.0 Å². The molecule has 0 spiro atoms. The van der Waals surface area contributed by atoms with Gasteiger partial charge in [-0.05, 0) is 38.1 Å². The standard InChI is InChI=1S/C15H21NO3/c1-16-15(13-6-4-5-9-19-13)12-8-7-11(17-2)10-14(12)18-3/h6-8,10,15-16H,4-5,9H2,1-3H3. The summed E-state index contributed by atoms with van der Waals surface area (Å²) < 4.78 is 16.4. The van der Waals surface area contributed by atoms with Gasteiger partial charge in [-0.2, -0.15) is 0 Å². The molecule has 0 radical (unpaired) electrons. The van der Waals surface area contributed by atoms with Crippen molar-refractivity contribution in [2.75, 3.05) is 27.9 Å². The molecule has 0 saturated carbocycles.